The molecule has 0 saturated carbocycles. The van der Waals surface area contributed by atoms with Crippen molar-refractivity contribution in [2.45, 2.75) is 25.3 Å². The lowest BCUT2D eigenvalue weighted by molar-refractivity contribution is -0.133. The Morgan fingerprint density at radius 3 is 3.22 bits per heavy atom. The van der Waals surface area contributed by atoms with Crippen molar-refractivity contribution >= 4 is 16.9 Å². The molecule has 1 fully saturated rings. The minimum atomic E-state index is 0.134. The van der Waals surface area contributed by atoms with Gasteiger partial charge in [-0.2, -0.15) is 5.10 Å². The van der Waals surface area contributed by atoms with Crippen LogP contribution >= 0.6 is 0 Å². The smallest absolute Gasteiger partial charge is 0.242 e. The molecule has 0 spiro atoms. The van der Waals surface area contributed by atoms with Gasteiger partial charge < -0.3 is 9.47 Å². The summed E-state index contributed by atoms with van der Waals surface area (Å²) in [4.78, 5) is 22.7. The van der Waals surface area contributed by atoms with E-state index in [-0.39, 0.29) is 11.8 Å². The van der Waals surface area contributed by atoms with Crippen LogP contribution in [-0.4, -0.2) is 48.6 Å². The molecule has 0 aromatic carbocycles. The lowest BCUT2D eigenvalue weighted by Gasteiger charge is -2.32. The van der Waals surface area contributed by atoms with Crippen LogP contribution in [0.3, 0.4) is 0 Å². The number of hydrogen-bond donors (Lipinski definition) is 1. The van der Waals surface area contributed by atoms with Crippen molar-refractivity contribution in [1.29, 1.82) is 0 Å². The van der Waals surface area contributed by atoms with Crippen LogP contribution in [0.5, 0.6) is 0 Å². The van der Waals surface area contributed by atoms with Crippen LogP contribution in [0.2, 0.25) is 0 Å². The Balaban J connectivity index is 1.51. The zero-order valence-corrected chi connectivity index (χ0v) is 12.7. The topological polar surface area (TPSA) is 79.7 Å². The molecule has 118 valence electrons. The molecule has 1 aliphatic heterocycles. The Morgan fingerprint density at radius 2 is 2.35 bits per heavy atom. The Morgan fingerprint density at radius 1 is 1.39 bits per heavy atom. The van der Waals surface area contributed by atoms with E-state index in [9.17, 15) is 4.79 Å². The number of carbonyl (C=O) groups is 1. The molecule has 7 heteroatoms. The molecule has 3 aromatic heterocycles. The Hall–Kier alpha value is -2.70. The second kappa shape index (κ2) is 5.83. The van der Waals surface area contributed by atoms with Gasteiger partial charge >= 0.3 is 0 Å². The summed E-state index contributed by atoms with van der Waals surface area (Å²) in [6.45, 7) is 1.88. The van der Waals surface area contributed by atoms with E-state index in [1.165, 1.54) is 0 Å². The average molecular weight is 310 g/mol. The van der Waals surface area contributed by atoms with E-state index in [1.807, 2.05) is 27.8 Å². The van der Waals surface area contributed by atoms with Gasteiger partial charge in [0.05, 0.1) is 6.33 Å². The number of hydrogen-bond acceptors (Lipinski definition) is 4. The molecule has 1 unspecified atom stereocenters. The largest absolute Gasteiger partial charge is 0.340 e. The maximum atomic E-state index is 12.5. The van der Waals surface area contributed by atoms with Crippen molar-refractivity contribution in [3.63, 3.8) is 0 Å². The maximum Gasteiger partial charge on any atom is 0.242 e. The molecule has 23 heavy (non-hydrogen) atoms. The summed E-state index contributed by atoms with van der Waals surface area (Å²) in [5.41, 5.74) is 1.83. The summed E-state index contributed by atoms with van der Waals surface area (Å²) in [5.74, 6) is 0.416. The van der Waals surface area contributed by atoms with Gasteiger partial charge in [0.1, 0.15) is 6.54 Å². The van der Waals surface area contributed by atoms with E-state index in [0.717, 1.165) is 42.7 Å². The summed E-state index contributed by atoms with van der Waals surface area (Å²) in [6.07, 6.45) is 8.98. The molecule has 0 radical (unpaired) electrons. The Bertz CT molecular complexity index is 809. The van der Waals surface area contributed by atoms with E-state index in [0.29, 0.717) is 6.54 Å². The van der Waals surface area contributed by atoms with Gasteiger partial charge in [-0.25, -0.2) is 9.97 Å². The van der Waals surface area contributed by atoms with Crippen LogP contribution in [0.1, 0.15) is 24.5 Å². The Labute approximate surface area is 133 Å². The van der Waals surface area contributed by atoms with Gasteiger partial charge in [0.25, 0.3) is 0 Å². The van der Waals surface area contributed by atoms with E-state index >= 15 is 0 Å². The van der Waals surface area contributed by atoms with Gasteiger partial charge in [0.15, 0.2) is 5.65 Å². The van der Waals surface area contributed by atoms with Crippen molar-refractivity contribution in [2.75, 3.05) is 13.1 Å². The van der Waals surface area contributed by atoms with E-state index in [4.69, 9.17) is 0 Å². The number of pyridine rings is 1. The van der Waals surface area contributed by atoms with Gasteiger partial charge in [-0.05, 0) is 25.0 Å². The molecule has 7 nitrogen and oxygen atoms in total. The van der Waals surface area contributed by atoms with Crippen molar-refractivity contribution in [3.05, 3.63) is 42.7 Å². The summed E-state index contributed by atoms with van der Waals surface area (Å²) in [6, 6.07) is 3.96. The maximum absolute atomic E-state index is 12.5. The van der Waals surface area contributed by atoms with Gasteiger partial charge in [0.2, 0.25) is 5.91 Å². The molecule has 1 N–H and O–H groups in total. The fourth-order valence-corrected chi connectivity index (χ4v) is 3.26. The Kier molecular flexibility index (Phi) is 3.53. The fraction of sp³-hybridized carbons (Fsp3) is 0.375. The average Bonchev–Trinajstić information content (AvgIpc) is 3.24. The third-order valence-corrected chi connectivity index (χ3v) is 4.42. The number of likely N-dealkylation sites (tertiary alicyclic amines) is 1. The highest BCUT2D eigenvalue weighted by atomic mass is 16.2. The quantitative estimate of drug-likeness (QED) is 0.796. The van der Waals surface area contributed by atoms with E-state index in [1.54, 1.807) is 18.7 Å². The van der Waals surface area contributed by atoms with Crippen molar-refractivity contribution in [2.24, 2.45) is 0 Å². The monoisotopic (exact) mass is 310 g/mol. The molecular weight excluding hydrogens is 292 g/mol. The van der Waals surface area contributed by atoms with Crippen molar-refractivity contribution < 1.29 is 4.79 Å². The SMILES string of the molecule is O=C(Cn1ccnc1)N1CCCC(c2[nH]nc3ncccc23)C1. The minimum Gasteiger partial charge on any atom is -0.340 e. The molecule has 1 amide bonds. The summed E-state index contributed by atoms with van der Waals surface area (Å²) in [7, 11) is 0. The second-order valence-electron chi connectivity index (χ2n) is 5.93. The molecule has 0 aliphatic carbocycles. The number of piperidine rings is 1. The first-order chi connectivity index (χ1) is 11.3. The van der Waals surface area contributed by atoms with Gasteiger partial charge in [-0.3, -0.25) is 9.89 Å². The number of nitrogens with zero attached hydrogens (tertiary/aromatic N) is 5. The highest BCUT2D eigenvalue weighted by Crippen LogP contribution is 2.29. The summed E-state index contributed by atoms with van der Waals surface area (Å²) in [5, 5.41) is 8.45. The number of rotatable bonds is 3. The predicted octanol–water partition coefficient (Wildman–Crippen LogP) is 1.56. The van der Waals surface area contributed by atoms with Gasteiger partial charge in [-0.15, -0.1) is 0 Å². The number of H-pyrrole nitrogens is 1. The second-order valence-corrected chi connectivity index (χ2v) is 5.93. The highest BCUT2D eigenvalue weighted by molar-refractivity contribution is 5.79. The van der Waals surface area contributed by atoms with Crippen LogP contribution in [-0.2, 0) is 11.3 Å². The van der Waals surface area contributed by atoms with E-state index < -0.39 is 0 Å². The molecule has 1 aliphatic rings. The van der Waals surface area contributed by atoms with Crippen LogP contribution < -0.4 is 0 Å². The first-order valence-corrected chi connectivity index (χ1v) is 7.84. The number of fused-ring (bicyclic) bond motifs is 1. The van der Waals surface area contributed by atoms with Crippen molar-refractivity contribution in [1.82, 2.24) is 29.6 Å². The van der Waals surface area contributed by atoms with E-state index in [2.05, 4.69) is 20.2 Å². The van der Waals surface area contributed by atoms with Crippen LogP contribution in [0.15, 0.2) is 37.1 Å². The molecule has 0 bridgehead atoms. The minimum absolute atomic E-state index is 0.134. The van der Waals surface area contributed by atoms with Crippen LogP contribution in [0.4, 0.5) is 0 Å². The number of aromatic nitrogens is 5. The lowest BCUT2D eigenvalue weighted by atomic mass is 9.93. The molecule has 1 saturated heterocycles. The molecule has 4 rings (SSSR count). The summed E-state index contributed by atoms with van der Waals surface area (Å²) < 4.78 is 1.81. The zero-order valence-electron chi connectivity index (χ0n) is 12.7. The predicted molar refractivity (Wildman–Crippen MR) is 84.7 cm³/mol. The molecular formula is C16H18N6O. The fourth-order valence-electron chi connectivity index (χ4n) is 3.26. The third-order valence-electron chi connectivity index (χ3n) is 4.42. The standard InChI is InChI=1S/C16H18N6O/c23-14(10-21-8-6-17-11-21)22-7-2-3-12(9-22)15-13-4-1-5-18-16(13)20-19-15/h1,4-6,8,11-12H,2-3,7,9-10H2,(H,18,19,20). The highest BCUT2D eigenvalue weighted by Gasteiger charge is 2.27. The van der Waals surface area contributed by atoms with Crippen LogP contribution in [0.25, 0.3) is 11.0 Å². The van der Waals surface area contributed by atoms with Crippen LogP contribution in [0, 0.1) is 0 Å². The summed E-state index contributed by atoms with van der Waals surface area (Å²) >= 11 is 0. The normalized spacial score (nSPS) is 18.4. The zero-order chi connectivity index (χ0) is 15.6. The molecule has 3 aromatic rings. The molecule has 4 heterocycles. The number of nitrogens with one attached hydrogen (secondary N) is 1. The third kappa shape index (κ3) is 2.69. The molecule has 1 atom stereocenters. The van der Waals surface area contributed by atoms with Crippen molar-refractivity contribution in [3.8, 4) is 0 Å². The van der Waals surface area contributed by atoms with Gasteiger partial charge in [0, 0.05) is 48.7 Å². The first kappa shape index (κ1) is 13.9. The number of imidazole rings is 1. The number of amides is 1. The number of carbonyl (C=O) groups excluding carboxylic acids is 1. The van der Waals surface area contributed by atoms with Gasteiger partial charge in [-0.1, -0.05) is 0 Å². The lowest BCUT2D eigenvalue weighted by Crippen LogP contribution is -2.40. The first-order valence-electron chi connectivity index (χ1n) is 7.84. The number of aromatic amines is 1.